The molecule has 2 heterocycles. The lowest BCUT2D eigenvalue weighted by atomic mass is 9.93. The van der Waals surface area contributed by atoms with E-state index in [9.17, 15) is 13.6 Å². The molecule has 1 amide bonds. The van der Waals surface area contributed by atoms with Crippen LogP contribution in [0.2, 0.25) is 0 Å². The Balaban J connectivity index is 1.68. The van der Waals surface area contributed by atoms with E-state index >= 15 is 0 Å². The van der Waals surface area contributed by atoms with E-state index in [-0.39, 0.29) is 11.9 Å². The highest BCUT2D eigenvalue weighted by molar-refractivity contribution is 5.91. The lowest BCUT2D eigenvalue weighted by Crippen LogP contribution is -2.35. The first-order chi connectivity index (χ1) is 15.1. The molecule has 1 atom stereocenters. The molecule has 3 aromatic rings. The fourth-order valence-corrected chi connectivity index (χ4v) is 3.87. The molecular formula is C23H25F2N3O4. The van der Waals surface area contributed by atoms with E-state index in [2.05, 4.69) is 20.0 Å². The predicted octanol–water partition coefficient (Wildman–Crippen LogP) is 5.70. The second kappa shape index (κ2) is 8.37. The molecule has 9 heteroatoms. The van der Waals surface area contributed by atoms with E-state index in [0.717, 1.165) is 36.1 Å². The maximum Gasteiger partial charge on any atom is 0.408 e. The molecule has 1 aromatic carbocycles. The van der Waals surface area contributed by atoms with Gasteiger partial charge >= 0.3 is 12.7 Å². The highest BCUT2D eigenvalue weighted by atomic mass is 19.3. The molecule has 0 fully saturated rings. The first-order valence-electron chi connectivity index (χ1n) is 10.4. The third-order valence-corrected chi connectivity index (χ3v) is 5.05. The van der Waals surface area contributed by atoms with E-state index in [0.29, 0.717) is 22.4 Å². The number of amides is 1. The summed E-state index contributed by atoms with van der Waals surface area (Å²) in [6.07, 6.45) is 3.08. The Kier molecular flexibility index (Phi) is 5.75. The summed E-state index contributed by atoms with van der Waals surface area (Å²) in [6, 6.07) is 5.33. The summed E-state index contributed by atoms with van der Waals surface area (Å²) in [5.74, 6) is 1.13. The van der Waals surface area contributed by atoms with Crippen molar-refractivity contribution in [3.63, 3.8) is 0 Å². The number of alkyl carbamates (subject to hydrolysis) is 1. The minimum absolute atomic E-state index is 0.223. The molecule has 7 nitrogen and oxygen atoms in total. The van der Waals surface area contributed by atoms with Crippen LogP contribution >= 0.6 is 0 Å². The van der Waals surface area contributed by atoms with Crippen molar-refractivity contribution in [3.8, 4) is 17.2 Å². The van der Waals surface area contributed by atoms with Crippen LogP contribution in [0.3, 0.4) is 0 Å². The number of carbonyl (C=O) groups excluding carboxylic acids is 1. The van der Waals surface area contributed by atoms with Gasteiger partial charge in [-0.1, -0.05) is 0 Å². The van der Waals surface area contributed by atoms with Gasteiger partial charge in [-0.2, -0.15) is 8.78 Å². The van der Waals surface area contributed by atoms with Gasteiger partial charge in [0.05, 0.1) is 23.3 Å². The molecule has 0 radical (unpaired) electrons. The first kappa shape index (κ1) is 22.0. The molecule has 0 saturated carbocycles. The van der Waals surface area contributed by atoms with Gasteiger partial charge in [0, 0.05) is 17.5 Å². The van der Waals surface area contributed by atoms with Crippen LogP contribution in [0, 0.1) is 6.92 Å². The predicted molar refractivity (Wildman–Crippen MR) is 114 cm³/mol. The van der Waals surface area contributed by atoms with Crippen LogP contribution in [0.1, 0.15) is 56.5 Å². The van der Waals surface area contributed by atoms with E-state index in [1.807, 2.05) is 39.8 Å². The summed E-state index contributed by atoms with van der Waals surface area (Å²) in [5.41, 5.74) is 2.82. The number of nitrogens with one attached hydrogen (secondary N) is 1. The fourth-order valence-electron chi connectivity index (χ4n) is 3.87. The molecule has 1 aliphatic carbocycles. The summed E-state index contributed by atoms with van der Waals surface area (Å²) >= 11 is 0. The number of halogens is 2. The van der Waals surface area contributed by atoms with Crippen molar-refractivity contribution in [2.24, 2.45) is 0 Å². The van der Waals surface area contributed by atoms with Crippen molar-refractivity contribution in [2.45, 2.75) is 65.2 Å². The van der Waals surface area contributed by atoms with Gasteiger partial charge in [0.2, 0.25) is 5.88 Å². The van der Waals surface area contributed by atoms with Crippen molar-refractivity contribution < 1.29 is 27.5 Å². The number of nitrogens with zero attached hydrogens (tertiary/aromatic N) is 2. The van der Waals surface area contributed by atoms with Crippen LogP contribution in [0.15, 0.2) is 28.8 Å². The van der Waals surface area contributed by atoms with Crippen LogP contribution in [0.25, 0.3) is 22.4 Å². The van der Waals surface area contributed by atoms with Gasteiger partial charge in [0.15, 0.2) is 0 Å². The van der Waals surface area contributed by atoms with Gasteiger partial charge in [-0.05, 0) is 64.3 Å². The van der Waals surface area contributed by atoms with Crippen LogP contribution in [0.4, 0.5) is 13.6 Å². The molecule has 0 spiro atoms. The molecule has 32 heavy (non-hydrogen) atoms. The summed E-state index contributed by atoms with van der Waals surface area (Å²) in [7, 11) is 0. The summed E-state index contributed by atoms with van der Waals surface area (Å²) in [5, 5.41) is 2.93. The lowest BCUT2D eigenvalue weighted by Gasteiger charge is -2.25. The summed E-state index contributed by atoms with van der Waals surface area (Å²) < 4.78 is 41.0. The van der Waals surface area contributed by atoms with Crippen LogP contribution in [-0.2, 0) is 11.2 Å². The second-order valence-electron chi connectivity index (χ2n) is 8.85. The smallest absolute Gasteiger partial charge is 0.408 e. The Morgan fingerprint density at radius 2 is 2.06 bits per heavy atom. The summed E-state index contributed by atoms with van der Waals surface area (Å²) in [6.45, 7) is 4.35. The minimum Gasteiger partial charge on any atom is -0.461 e. The highest BCUT2D eigenvalue weighted by Gasteiger charge is 2.28. The Morgan fingerprint density at radius 3 is 2.78 bits per heavy atom. The number of alkyl halides is 2. The number of benzene rings is 1. The van der Waals surface area contributed by atoms with E-state index in [1.165, 1.54) is 6.20 Å². The summed E-state index contributed by atoms with van der Waals surface area (Å²) in [4.78, 5) is 20.7. The molecule has 4 rings (SSSR count). The number of hydrogen-bond acceptors (Lipinski definition) is 6. The molecule has 0 bridgehead atoms. The number of aromatic nitrogens is 2. The van der Waals surface area contributed by atoms with Crippen molar-refractivity contribution >= 4 is 17.1 Å². The fraction of sp³-hybridized carbons (Fsp3) is 0.435. The molecule has 0 aliphatic heterocycles. The number of furan rings is 1. The standard InChI is InChI=1S/C23H25F2N3O4/c1-12-8-14(20-16(9-12)27-19(11-26-20)31-21(24)25)18-10-13-15(6-5-7-17(13)30-18)28-22(29)32-23(2,3)4/h8-11,15,21H,5-7H2,1-4H3,(H,28,29). The monoisotopic (exact) mass is 445 g/mol. The second-order valence-corrected chi connectivity index (χ2v) is 8.85. The van der Waals surface area contributed by atoms with Gasteiger partial charge in [-0.3, -0.25) is 0 Å². The molecule has 1 N–H and O–H groups in total. The van der Waals surface area contributed by atoms with Crippen molar-refractivity contribution in [3.05, 3.63) is 41.3 Å². The largest absolute Gasteiger partial charge is 0.461 e. The van der Waals surface area contributed by atoms with E-state index in [4.69, 9.17) is 9.15 Å². The SMILES string of the molecule is Cc1cc(-c2cc3c(o2)CCCC3NC(=O)OC(C)(C)C)c2ncc(OC(F)F)nc2c1. The van der Waals surface area contributed by atoms with Crippen LogP contribution in [-0.4, -0.2) is 28.3 Å². The Morgan fingerprint density at radius 1 is 1.28 bits per heavy atom. The third kappa shape index (κ3) is 4.81. The zero-order valence-corrected chi connectivity index (χ0v) is 18.4. The Labute approximate surface area is 184 Å². The average Bonchev–Trinajstić information content (AvgIpc) is 3.10. The highest BCUT2D eigenvalue weighted by Crippen LogP contribution is 2.38. The molecule has 1 aliphatic rings. The number of rotatable bonds is 4. The average molecular weight is 445 g/mol. The topological polar surface area (TPSA) is 86.5 Å². The van der Waals surface area contributed by atoms with Gasteiger partial charge in [-0.15, -0.1) is 0 Å². The van der Waals surface area contributed by atoms with Crippen LogP contribution in [0.5, 0.6) is 5.88 Å². The number of hydrogen-bond donors (Lipinski definition) is 1. The Hall–Kier alpha value is -3.23. The molecule has 1 unspecified atom stereocenters. The van der Waals surface area contributed by atoms with Gasteiger partial charge in [0.25, 0.3) is 0 Å². The van der Waals surface area contributed by atoms with Crippen LogP contribution < -0.4 is 10.1 Å². The van der Waals surface area contributed by atoms with Gasteiger partial charge in [-0.25, -0.2) is 14.8 Å². The number of ether oxygens (including phenoxy) is 2. The first-order valence-corrected chi connectivity index (χ1v) is 10.4. The van der Waals surface area contributed by atoms with Crippen molar-refractivity contribution in [1.82, 2.24) is 15.3 Å². The van der Waals surface area contributed by atoms with Gasteiger partial charge in [0.1, 0.15) is 17.1 Å². The van der Waals surface area contributed by atoms with Gasteiger partial charge < -0.3 is 19.2 Å². The zero-order chi connectivity index (χ0) is 23.0. The lowest BCUT2D eigenvalue weighted by molar-refractivity contribution is -0.0528. The van der Waals surface area contributed by atoms with E-state index < -0.39 is 18.3 Å². The number of fused-ring (bicyclic) bond motifs is 2. The quantitative estimate of drug-likeness (QED) is 0.554. The molecule has 0 saturated heterocycles. The van der Waals surface area contributed by atoms with Crippen molar-refractivity contribution in [1.29, 1.82) is 0 Å². The van der Waals surface area contributed by atoms with Crippen molar-refractivity contribution in [2.75, 3.05) is 0 Å². The molecular weight excluding hydrogens is 420 g/mol. The number of aryl methyl sites for hydroxylation is 2. The zero-order valence-electron chi connectivity index (χ0n) is 18.4. The maximum atomic E-state index is 12.5. The Bertz CT molecular complexity index is 1150. The maximum absolute atomic E-state index is 12.5. The molecule has 2 aromatic heterocycles. The number of carbonyl (C=O) groups is 1. The minimum atomic E-state index is -2.97. The third-order valence-electron chi connectivity index (χ3n) is 5.05. The van der Waals surface area contributed by atoms with E-state index in [1.54, 1.807) is 6.07 Å². The normalized spacial score (nSPS) is 16.2. The molecule has 170 valence electrons.